The van der Waals surface area contributed by atoms with Crippen LogP contribution in [-0.4, -0.2) is 0 Å². The van der Waals surface area contributed by atoms with E-state index in [2.05, 4.69) is 0 Å². The summed E-state index contributed by atoms with van der Waals surface area (Å²) in [6.45, 7) is 0. The van der Waals surface area contributed by atoms with Crippen LogP contribution in [-0.2, 0) is 6.42 Å². The number of rotatable bonds is 3. The summed E-state index contributed by atoms with van der Waals surface area (Å²) in [5, 5.41) is 0.690. The van der Waals surface area contributed by atoms with Crippen molar-refractivity contribution in [3.05, 3.63) is 69.2 Å². The molecule has 1 unspecified atom stereocenters. The van der Waals surface area contributed by atoms with Crippen LogP contribution < -0.4 is 5.73 Å². The Hall–Kier alpha value is -1.16. The third-order valence-electron chi connectivity index (χ3n) is 2.84. The van der Waals surface area contributed by atoms with Gasteiger partial charge >= 0.3 is 0 Å². The van der Waals surface area contributed by atoms with Crippen molar-refractivity contribution < 1.29 is 8.78 Å². The van der Waals surface area contributed by atoms with E-state index in [0.717, 1.165) is 17.7 Å². The predicted molar refractivity (Wildman–Crippen MR) is 73.5 cm³/mol. The summed E-state index contributed by atoms with van der Waals surface area (Å²) < 4.78 is 26.2. The van der Waals surface area contributed by atoms with Crippen LogP contribution in [0.1, 0.15) is 17.2 Å². The third-order valence-corrected chi connectivity index (χ3v) is 3.53. The van der Waals surface area contributed by atoms with E-state index in [-0.39, 0.29) is 5.02 Å². The number of hydrogen-bond donors (Lipinski definition) is 1. The molecule has 0 saturated heterocycles. The molecule has 0 fully saturated rings. The molecule has 0 bridgehead atoms. The molecule has 0 spiro atoms. The first-order valence-electron chi connectivity index (χ1n) is 5.62. The maximum absolute atomic E-state index is 13.2. The second-order valence-electron chi connectivity index (χ2n) is 4.19. The van der Waals surface area contributed by atoms with Gasteiger partial charge in [0.1, 0.15) is 0 Å². The van der Waals surface area contributed by atoms with Crippen molar-refractivity contribution in [3.63, 3.8) is 0 Å². The molecular weight excluding hydrogens is 291 g/mol. The highest BCUT2D eigenvalue weighted by atomic mass is 35.5. The molecule has 2 N–H and O–H groups in total. The van der Waals surface area contributed by atoms with Crippen LogP contribution >= 0.6 is 23.2 Å². The molecule has 0 aliphatic rings. The Kier molecular flexibility index (Phi) is 4.40. The van der Waals surface area contributed by atoms with E-state index in [1.807, 2.05) is 18.2 Å². The summed E-state index contributed by atoms with van der Waals surface area (Å²) in [5.74, 6) is -1.95. The van der Waals surface area contributed by atoms with E-state index >= 15 is 0 Å². The second-order valence-corrected chi connectivity index (χ2v) is 5.00. The molecule has 0 aromatic heterocycles. The average molecular weight is 302 g/mol. The summed E-state index contributed by atoms with van der Waals surface area (Å²) in [4.78, 5) is 0. The van der Waals surface area contributed by atoms with E-state index in [9.17, 15) is 8.78 Å². The minimum Gasteiger partial charge on any atom is -0.324 e. The minimum absolute atomic E-state index is 0.110. The molecule has 2 aromatic rings. The van der Waals surface area contributed by atoms with Crippen molar-refractivity contribution in [2.45, 2.75) is 12.5 Å². The highest BCUT2D eigenvalue weighted by Gasteiger charge is 2.16. The van der Waals surface area contributed by atoms with Gasteiger partial charge in [-0.1, -0.05) is 41.4 Å². The summed E-state index contributed by atoms with van der Waals surface area (Å²) >= 11 is 11.9. The lowest BCUT2D eigenvalue weighted by Crippen LogP contribution is -2.14. The molecule has 100 valence electrons. The number of nitrogens with two attached hydrogens (primary N) is 1. The Morgan fingerprint density at radius 1 is 1.00 bits per heavy atom. The second kappa shape index (κ2) is 5.87. The van der Waals surface area contributed by atoms with Gasteiger partial charge in [0.25, 0.3) is 0 Å². The number of halogens is 4. The third kappa shape index (κ3) is 3.24. The topological polar surface area (TPSA) is 26.0 Å². The Morgan fingerprint density at radius 3 is 2.32 bits per heavy atom. The molecule has 0 aliphatic heterocycles. The zero-order valence-corrected chi connectivity index (χ0v) is 11.3. The van der Waals surface area contributed by atoms with Crippen LogP contribution in [0.25, 0.3) is 0 Å². The molecule has 0 amide bonds. The lowest BCUT2D eigenvalue weighted by atomic mass is 9.99. The fourth-order valence-corrected chi connectivity index (χ4v) is 2.34. The van der Waals surface area contributed by atoms with Crippen LogP contribution in [0.3, 0.4) is 0 Å². The molecule has 0 heterocycles. The molecule has 19 heavy (non-hydrogen) atoms. The predicted octanol–water partition coefficient (Wildman–Crippen LogP) is 4.51. The van der Waals surface area contributed by atoms with E-state index in [4.69, 9.17) is 28.9 Å². The van der Waals surface area contributed by atoms with Crippen LogP contribution in [0.5, 0.6) is 0 Å². The van der Waals surface area contributed by atoms with Crippen molar-refractivity contribution in [2.75, 3.05) is 0 Å². The molecule has 0 aliphatic carbocycles. The van der Waals surface area contributed by atoms with Crippen LogP contribution in [0.4, 0.5) is 8.78 Å². The zero-order chi connectivity index (χ0) is 14.0. The Balaban J connectivity index is 2.28. The maximum atomic E-state index is 13.2. The fraction of sp³-hybridized carbons (Fsp3) is 0.143. The van der Waals surface area contributed by atoms with E-state index in [1.165, 1.54) is 0 Å². The van der Waals surface area contributed by atoms with Gasteiger partial charge < -0.3 is 5.73 Å². The SMILES string of the molecule is NC(Cc1ccccc1Cl)c1cc(F)c(F)cc1Cl. The lowest BCUT2D eigenvalue weighted by molar-refractivity contribution is 0.505. The van der Waals surface area contributed by atoms with Crippen molar-refractivity contribution >= 4 is 23.2 Å². The highest BCUT2D eigenvalue weighted by Crippen LogP contribution is 2.28. The Morgan fingerprint density at radius 2 is 1.63 bits per heavy atom. The molecular formula is C14H11Cl2F2N. The molecule has 2 aromatic carbocycles. The number of hydrogen-bond acceptors (Lipinski definition) is 1. The molecule has 0 radical (unpaired) electrons. The summed E-state index contributed by atoms with van der Waals surface area (Å²) in [6, 6.07) is 8.62. The Labute approximate surface area is 119 Å². The van der Waals surface area contributed by atoms with Gasteiger partial charge in [-0.2, -0.15) is 0 Å². The van der Waals surface area contributed by atoms with Gasteiger partial charge in [0.15, 0.2) is 11.6 Å². The minimum atomic E-state index is -0.987. The Bertz CT molecular complexity index is 602. The van der Waals surface area contributed by atoms with Gasteiger partial charge in [-0.05, 0) is 35.7 Å². The molecule has 1 atom stereocenters. The molecule has 5 heteroatoms. The molecule has 0 saturated carbocycles. The first-order valence-corrected chi connectivity index (χ1v) is 6.38. The summed E-state index contributed by atoms with van der Waals surface area (Å²) in [5.41, 5.74) is 7.18. The van der Waals surface area contributed by atoms with Gasteiger partial charge in [0.2, 0.25) is 0 Å². The largest absolute Gasteiger partial charge is 0.324 e. The summed E-state index contributed by atoms with van der Waals surface area (Å²) in [7, 11) is 0. The van der Waals surface area contributed by atoms with E-state index in [0.29, 0.717) is 17.0 Å². The normalized spacial score (nSPS) is 12.5. The molecule has 1 nitrogen and oxygen atoms in total. The van der Waals surface area contributed by atoms with Crippen LogP contribution in [0.15, 0.2) is 36.4 Å². The summed E-state index contributed by atoms with van der Waals surface area (Å²) in [6.07, 6.45) is 0.393. The van der Waals surface area contributed by atoms with Crippen molar-refractivity contribution in [1.29, 1.82) is 0 Å². The molecule has 2 rings (SSSR count). The first-order chi connectivity index (χ1) is 8.99. The monoisotopic (exact) mass is 301 g/mol. The number of benzene rings is 2. The van der Waals surface area contributed by atoms with Crippen LogP contribution in [0.2, 0.25) is 10.0 Å². The van der Waals surface area contributed by atoms with Gasteiger partial charge in [0, 0.05) is 16.1 Å². The van der Waals surface area contributed by atoms with Crippen molar-refractivity contribution in [2.24, 2.45) is 5.73 Å². The first kappa shape index (κ1) is 14.3. The van der Waals surface area contributed by atoms with E-state index < -0.39 is 17.7 Å². The average Bonchev–Trinajstić information content (AvgIpc) is 2.36. The quantitative estimate of drug-likeness (QED) is 0.829. The van der Waals surface area contributed by atoms with Gasteiger partial charge in [-0.3, -0.25) is 0 Å². The lowest BCUT2D eigenvalue weighted by Gasteiger charge is -2.15. The van der Waals surface area contributed by atoms with Crippen molar-refractivity contribution in [3.8, 4) is 0 Å². The zero-order valence-electron chi connectivity index (χ0n) is 9.84. The van der Waals surface area contributed by atoms with Crippen molar-refractivity contribution in [1.82, 2.24) is 0 Å². The van der Waals surface area contributed by atoms with E-state index in [1.54, 1.807) is 6.07 Å². The van der Waals surface area contributed by atoms with Gasteiger partial charge in [-0.25, -0.2) is 8.78 Å². The standard InChI is InChI=1S/C14H11Cl2F2N/c15-10-4-2-1-3-8(10)5-14(19)9-6-12(17)13(18)7-11(9)16/h1-4,6-7,14H,5,19H2. The maximum Gasteiger partial charge on any atom is 0.160 e. The highest BCUT2D eigenvalue weighted by molar-refractivity contribution is 6.31. The van der Waals surface area contributed by atoms with Gasteiger partial charge in [0.05, 0.1) is 0 Å². The smallest absolute Gasteiger partial charge is 0.160 e. The van der Waals surface area contributed by atoms with Gasteiger partial charge in [-0.15, -0.1) is 0 Å². The van der Waals surface area contributed by atoms with Crippen LogP contribution in [0, 0.1) is 11.6 Å². The fourth-order valence-electron chi connectivity index (χ4n) is 1.83.